The van der Waals surface area contributed by atoms with Crippen LogP contribution in [-0.4, -0.2) is 46.3 Å². The highest BCUT2D eigenvalue weighted by Crippen LogP contribution is 2.15. The van der Waals surface area contributed by atoms with Gasteiger partial charge in [-0.25, -0.2) is 5.01 Å². The highest BCUT2D eigenvalue weighted by atomic mass is 16.3. The molecule has 4 nitrogen and oxygen atoms in total. The second-order valence-electron chi connectivity index (χ2n) is 3.83. The van der Waals surface area contributed by atoms with Crippen molar-refractivity contribution in [3.8, 4) is 0 Å². The van der Waals surface area contributed by atoms with Crippen molar-refractivity contribution >= 4 is 5.91 Å². The lowest BCUT2D eigenvalue weighted by atomic mass is 10.3. The van der Waals surface area contributed by atoms with Gasteiger partial charge in [-0.15, -0.1) is 0 Å². The summed E-state index contributed by atoms with van der Waals surface area (Å²) in [6.45, 7) is 6.99. The number of aliphatic hydroxyl groups excluding tert-OH is 1. The molecule has 1 heterocycles. The van der Waals surface area contributed by atoms with Gasteiger partial charge < -0.3 is 5.11 Å². The van der Waals surface area contributed by atoms with Gasteiger partial charge in [-0.2, -0.15) is 0 Å². The van der Waals surface area contributed by atoms with E-state index >= 15 is 0 Å². The third-order valence-corrected chi connectivity index (χ3v) is 2.19. The average Bonchev–Trinajstić information content (AvgIpc) is 2.32. The van der Waals surface area contributed by atoms with Crippen LogP contribution >= 0.6 is 0 Å². The molecule has 0 spiro atoms. The number of carbonyl (C=O) groups is 1. The molecule has 0 bridgehead atoms. The zero-order valence-electron chi connectivity index (χ0n) is 8.53. The van der Waals surface area contributed by atoms with Crippen molar-refractivity contribution < 1.29 is 9.90 Å². The van der Waals surface area contributed by atoms with E-state index in [2.05, 4.69) is 0 Å². The fourth-order valence-corrected chi connectivity index (χ4v) is 1.60. The summed E-state index contributed by atoms with van der Waals surface area (Å²) < 4.78 is 0. The molecule has 76 valence electrons. The summed E-state index contributed by atoms with van der Waals surface area (Å²) in [7, 11) is 0. The molecule has 1 amide bonds. The van der Waals surface area contributed by atoms with Gasteiger partial charge in [-0.1, -0.05) is 0 Å². The Labute approximate surface area is 79.1 Å². The molecule has 1 atom stereocenters. The van der Waals surface area contributed by atoms with Crippen LogP contribution in [0.25, 0.3) is 0 Å². The maximum absolute atomic E-state index is 11.4. The number of nitrogens with zero attached hydrogens (tertiary/aromatic N) is 2. The maximum Gasteiger partial charge on any atom is 0.238 e. The summed E-state index contributed by atoms with van der Waals surface area (Å²) >= 11 is 0. The van der Waals surface area contributed by atoms with Gasteiger partial charge in [0.25, 0.3) is 0 Å². The number of aliphatic hydroxyl groups is 1. The first-order chi connectivity index (χ1) is 6.02. The highest BCUT2D eigenvalue weighted by molar-refractivity contribution is 5.77. The van der Waals surface area contributed by atoms with Gasteiger partial charge in [0.15, 0.2) is 0 Å². The van der Waals surface area contributed by atoms with Crippen LogP contribution in [0.4, 0.5) is 0 Å². The molecule has 1 rings (SSSR count). The maximum atomic E-state index is 11.4. The normalized spacial score (nSPS) is 21.6. The van der Waals surface area contributed by atoms with Crippen LogP contribution in [0, 0.1) is 0 Å². The molecule has 0 saturated carbocycles. The van der Waals surface area contributed by atoms with Crippen LogP contribution in [0.5, 0.6) is 0 Å². The summed E-state index contributed by atoms with van der Waals surface area (Å²) in [6, 6.07) is 0.324. The minimum Gasteiger partial charge on any atom is -0.392 e. The molecule has 0 radical (unpaired) electrons. The topological polar surface area (TPSA) is 43.8 Å². The van der Waals surface area contributed by atoms with E-state index in [0.717, 1.165) is 6.54 Å². The molecule has 1 aliphatic heterocycles. The van der Waals surface area contributed by atoms with E-state index in [9.17, 15) is 9.90 Å². The number of amides is 1. The zero-order chi connectivity index (χ0) is 10.0. The molecule has 4 heteroatoms. The molecule has 1 unspecified atom stereocenters. The Morgan fingerprint density at radius 3 is 2.54 bits per heavy atom. The van der Waals surface area contributed by atoms with Crippen LogP contribution in [0.3, 0.4) is 0 Å². The van der Waals surface area contributed by atoms with Crippen molar-refractivity contribution in [1.29, 1.82) is 0 Å². The second kappa shape index (κ2) is 4.07. The van der Waals surface area contributed by atoms with E-state index in [0.29, 0.717) is 19.0 Å². The molecule has 0 aromatic rings. The Balaban J connectivity index is 2.60. The number of hydrogen-bond acceptors (Lipinski definition) is 3. The SMILES string of the molecule is CC(O)CN1C(=O)CCN1C(C)C. The Bertz CT molecular complexity index is 192. The molecule has 1 aliphatic rings. The lowest BCUT2D eigenvalue weighted by Gasteiger charge is -2.31. The Kier molecular flexibility index (Phi) is 3.27. The van der Waals surface area contributed by atoms with E-state index in [1.54, 1.807) is 11.9 Å². The van der Waals surface area contributed by atoms with Crippen molar-refractivity contribution in [2.45, 2.75) is 39.3 Å². The predicted octanol–water partition coefficient (Wildman–Crippen LogP) is 0.225. The standard InChI is InChI=1S/C9H18N2O2/c1-7(2)10-5-4-9(13)11(10)6-8(3)12/h7-8,12H,4-6H2,1-3H3. The first kappa shape index (κ1) is 10.5. The van der Waals surface area contributed by atoms with Gasteiger partial charge in [0.05, 0.1) is 12.6 Å². The summed E-state index contributed by atoms with van der Waals surface area (Å²) in [5, 5.41) is 12.9. The van der Waals surface area contributed by atoms with Crippen molar-refractivity contribution in [1.82, 2.24) is 10.0 Å². The number of carbonyl (C=O) groups excluding carboxylic acids is 1. The largest absolute Gasteiger partial charge is 0.392 e. The number of β-amino-alcohol motifs (C(OH)–C–C–N with tert-alkyl or cyclic N) is 1. The molecule has 0 aromatic carbocycles. The van der Waals surface area contributed by atoms with Gasteiger partial charge in [-0.3, -0.25) is 9.80 Å². The average molecular weight is 186 g/mol. The highest BCUT2D eigenvalue weighted by Gasteiger charge is 2.30. The zero-order valence-corrected chi connectivity index (χ0v) is 8.53. The predicted molar refractivity (Wildman–Crippen MR) is 49.9 cm³/mol. The second-order valence-corrected chi connectivity index (χ2v) is 3.83. The summed E-state index contributed by atoms with van der Waals surface area (Å²) in [5.41, 5.74) is 0. The van der Waals surface area contributed by atoms with Crippen molar-refractivity contribution in [2.24, 2.45) is 0 Å². The van der Waals surface area contributed by atoms with Crippen LogP contribution < -0.4 is 0 Å². The Morgan fingerprint density at radius 1 is 1.46 bits per heavy atom. The van der Waals surface area contributed by atoms with E-state index in [1.165, 1.54) is 0 Å². The lowest BCUT2D eigenvalue weighted by molar-refractivity contribution is -0.142. The van der Waals surface area contributed by atoms with Gasteiger partial charge >= 0.3 is 0 Å². The van der Waals surface area contributed by atoms with Gasteiger partial charge in [0.1, 0.15) is 0 Å². The van der Waals surface area contributed by atoms with E-state index in [1.807, 2.05) is 18.9 Å². The third kappa shape index (κ3) is 2.42. The van der Waals surface area contributed by atoms with E-state index in [4.69, 9.17) is 0 Å². The van der Waals surface area contributed by atoms with Crippen LogP contribution in [-0.2, 0) is 4.79 Å². The fraction of sp³-hybridized carbons (Fsp3) is 0.889. The molecule has 1 N–H and O–H groups in total. The van der Waals surface area contributed by atoms with Crippen LogP contribution in [0.1, 0.15) is 27.2 Å². The molecule has 1 saturated heterocycles. The first-order valence-corrected chi connectivity index (χ1v) is 4.77. The molecule has 0 aliphatic carbocycles. The van der Waals surface area contributed by atoms with Gasteiger partial charge in [0, 0.05) is 19.0 Å². The third-order valence-electron chi connectivity index (χ3n) is 2.19. The van der Waals surface area contributed by atoms with Crippen molar-refractivity contribution in [3.05, 3.63) is 0 Å². The van der Waals surface area contributed by atoms with Gasteiger partial charge in [-0.05, 0) is 20.8 Å². The lowest BCUT2D eigenvalue weighted by Crippen LogP contribution is -2.46. The van der Waals surface area contributed by atoms with Crippen molar-refractivity contribution in [2.75, 3.05) is 13.1 Å². The first-order valence-electron chi connectivity index (χ1n) is 4.77. The fourth-order valence-electron chi connectivity index (χ4n) is 1.60. The van der Waals surface area contributed by atoms with Crippen molar-refractivity contribution in [3.63, 3.8) is 0 Å². The summed E-state index contributed by atoms with van der Waals surface area (Å²) in [5.74, 6) is 0.120. The Morgan fingerprint density at radius 2 is 2.08 bits per heavy atom. The number of hydrazine groups is 1. The molecule has 1 fully saturated rings. The number of rotatable bonds is 3. The van der Waals surface area contributed by atoms with Crippen LogP contribution in [0.15, 0.2) is 0 Å². The minimum atomic E-state index is -0.455. The van der Waals surface area contributed by atoms with E-state index in [-0.39, 0.29) is 5.91 Å². The molecular formula is C9H18N2O2. The van der Waals surface area contributed by atoms with Crippen LogP contribution in [0.2, 0.25) is 0 Å². The molecule has 13 heavy (non-hydrogen) atoms. The summed E-state index contributed by atoms with van der Waals surface area (Å²) in [6.07, 6.45) is 0.119. The smallest absolute Gasteiger partial charge is 0.238 e. The quantitative estimate of drug-likeness (QED) is 0.686. The number of hydrogen-bond donors (Lipinski definition) is 1. The monoisotopic (exact) mass is 186 g/mol. The Hall–Kier alpha value is -0.610. The van der Waals surface area contributed by atoms with E-state index < -0.39 is 6.10 Å². The summed E-state index contributed by atoms with van der Waals surface area (Å²) in [4.78, 5) is 11.4. The minimum absolute atomic E-state index is 0.120. The van der Waals surface area contributed by atoms with Gasteiger partial charge in [0.2, 0.25) is 5.91 Å². The molecular weight excluding hydrogens is 168 g/mol. The molecule has 0 aromatic heterocycles.